The van der Waals surface area contributed by atoms with Crippen molar-refractivity contribution in [3.05, 3.63) is 60.7 Å². The molecule has 0 saturated heterocycles. The maximum absolute atomic E-state index is 13.0. The Balaban J connectivity index is 2.29. The van der Waals surface area contributed by atoms with Crippen LogP contribution in [0.3, 0.4) is 0 Å². The fourth-order valence-corrected chi connectivity index (χ4v) is 4.31. The lowest BCUT2D eigenvalue weighted by Gasteiger charge is -2.19. The van der Waals surface area contributed by atoms with Crippen molar-refractivity contribution in [1.29, 1.82) is 0 Å². The van der Waals surface area contributed by atoms with Gasteiger partial charge in [0.2, 0.25) is 0 Å². The van der Waals surface area contributed by atoms with Crippen LogP contribution in [0.25, 0.3) is 11.1 Å². The van der Waals surface area contributed by atoms with Gasteiger partial charge >= 0.3 is 11.9 Å². The van der Waals surface area contributed by atoms with Gasteiger partial charge in [-0.05, 0) is 43.5 Å². The number of allylic oxidation sites excluding steroid dienone is 1. The molecule has 0 atom stereocenters. The summed E-state index contributed by atoms with van der Waals surface area (Å²) in [7, 11) is 5.93. The van der Waals surface area contributed by atoms with Crippen LogP contribution in [0.4, 0.5) is 0 Å². The van der Waals surface area contributed by atoms with E-state index in [0.29, 0.717) is 40.7 Å². The van der Waals surface area contributed by atoms with Gasteiger partial charge in [-0.25, -0.2) is 9.59 Å². The first-order valence-corrected chi connectivity index (χ1v) is 13.5. The van der Waals surface area contributed by atoms with E-state index < -0.39 is 11.9 Å². The molecule has 2 aromatic carbocycles. The molecule has 0 bridgehead atoms. The number of rotatable bonds is 19. The van der Waals surface area contributed by atoms with Gasteiger partial charge in [0, 0.05) is 11.1 Å². The Kier molecular flexibility index (Phi) is 14.2. The highest BCUT2D eigenvalue weighted by molar-refractivity contribution is 5.97. The van der Waals surface area contributed by atoms with Gasteiger partial charge in [-0.15, -0.1) is 6.58 Å². The minimum absolute atomic E-state index is 0.0523. The van der Waals surface area contributed by atoms with Crippen molar-refractivity contribution in [3.8, 4) is 34.1 Å². The maximum atomic E-state index is 13.0. The monoisotopic (exact) mass is 554 g/mol. The number of esters is 2. The predicted molar refractivity (Wildman–Crippen MR) is 156 cm³/mol. The SMILES string of the molecule is C=CCCCCCCCCCOC(=O)c1cc(OC)c(OC)c(-c2cc(C(=O)OCC=C)cc(OC)c2OC)c1. The van der Waals surface area contributed by atoms with E-state index >= 15 is 0 Å². The molecule has 0 unspecified atom stereocenters. The highest BCUT2D eigenvalue weighted by Crippen LogP contribution is 2.46. The number of methoxy groups -OCH3 is 4. The number of unbranched alkanes of at least 4 members (excludes halogenated alkanes) is 7. The average Bonchev–Trinajstić information content (AvgIpc) is 2.98. The Labute approximate surface area is 237 Å². The highest BCUT2D eigenvalue weighted by atomic mass is 16.5. The van der Waals surface area contributed by atoms with Crippen LogP contribution in [0.15, 0.2) is 49.6 Å². The number of carbonyl (C=O) groups excluding carboxylic acids is 2. The quantitative estimate of drug-likeness (QED) is 0.102. The van der Waals surface area contributed by atoms with Crippen molar-refractivity contribution < 1.29 is 38.0 Å². The van der Waals surface area contributed by atoms with Crippen LogP contribution in [-0.4, -0.2) is 53.6 Å². The summed E-state index contributed by atoms with van der Waals surface area (Å²) in [6.45, 7) is 7.70. The van der Waals surface area contributed by atoms with Crippen LogP contribution in [-0.2, 0) is 9.47 Å². The molecule has 40 heavy (non-hydrogen) atoms. The molecule has 0 radical (unpaired) electrons. The molecule has 0 fully saturated rings. The van der Waals surface area contributed by atoms with E-state index in [1.807, 2.05) is 6.08 Å². The predicted octanol–water partition coefficient (Wildman–Crippen LogP) is 7.19. The fourth-order valence-electron chi connectivity index (χ4n) is 4.31. The van der Waals surface area contributed by atoms with E-state index in [9.17, 15) is 9.59 Å². The third-order valence-corrected chi connectivity index (χ3v) is 6.34. The summed E-state index contributed by atoms with van der Waals surface area (Å²) in [5.74, 6) is 0.269. The summed E-state index contributed by atoms with van der Waals surface area (Å²) >= 11 is 0. The minimum atomic E-state index is -0.569. The zero-order valence-electron chi connectivity index (χ0n) is 24.2. The first-order chi connectivity index (χ1) is 19.4. The fraction of sp³-hybridized carbons (Fsp3) is 0.438. The van der Waals surface area contributed by atoms with Crippen LogP contribution < -0.4 is 18.9 Å². The minimum Gasteiger partial charge on any atom is -0.493 e. The molecule has 2 aromatic rings. The Morgan fingerprint density at radius 1 is 0.625 bits per heavy atom. The number of hydrogen-bond acceptors (Lipinski definition) is 8. The molecule has 0 aliphatic carbocycles. The van der Waals surface area contributed by atoms with E-state index in [4.69, 9.17) is 28.4 Å². The van der Waals surface area contributed by atoms with E-state index in [0.717, 1.165) is 25.7 Å². The standard InChI is InChI=1S/C32H42O8/c1-7-9-10-11-12-13-14-15-16-18-40-32(34)24-20-26(30(38-6)28(22-24)36-4)25-19-23(31(33)39-17-8-2)21-27(35-3)29(25)37-5/h7-8,19-22H,1-2,9-18H2,3-6H3. The third-order valence-electron chi connectivity index (χ3n) is 6.34. The van der Waals surface area contributed by atoms with Crippen molar-refractivity contribution in [1.82, 2.24) is 0 Å². The Morgan fingerprint density at radius 3 is 1.55 bits per heavy atom. The summed E-state index contributed by atoms with van der Waals surface area (Å²) in [5.41, 5.74) is 1.41. The van der Waals surface area contributed by atoms with Gasteiger partial charge in [-0.1, -0.05) is 50.8 Å². The van der Waals surface area contributed by atoms with Crippen LogP contribution in [0.1, 0.15) is 72.1 Å². The Bertz CT molecular complexity index is 1140. The summed E-state index contributed by atoms with van der Waals surface area (Å²) in [5, 5.41) is 0. The molecule has 0 amide bonds. The van der Waals surface area contributed by atoms with Crippen molar-refractivity contribution in [2.75, 3.05) is 41.7 Å². The molecule has 2 rings (SSSR count). The van der Waals surface area contributed by atoms with Gasteiger partial charge in [0.25, 0.3) is 0 Å². The Morgan fingerprint density at radius 2 is 1.10 bits per heavy atom. The largest absolute Gasteiger partial charge is 0.493 e. The molecule has 0 spiro atoms. The van der Waals surface area contributed by atoms with E-state index in [-0.39, 0.29) is 17.7 Å². The molecular formula is C32H42O8. The molecule has 0 N–H and O–H groups in total. The lowest BCUT2D eigenvalue weighted by molar-refractivity contribution is 0.0495. The van der Waals surface area contributed by atoms with Gasteiger partial charge in [-0.2, -0.15) is 0 Å². The van der Waals surface area contributed by atoms with Crippen LogP contribution in [0, 0.1) is 0 Å². The van der Waals surface area contributed by atoms with E-state index in [1.54, 1.807) is 18.2 Å². The molecule has 0 aromatic heterocycles. The first-order valence-electron chi connectivity index (χ1n) is 13.5. The van der Waals surface area contributed by atoms with Gasteiger partial charge in [0.05, 0.1) is 46.2 Å². The number of benzene rings is 2. The van der Waals surface area contributed by atoms with Gasteiger partial charge in [-0.3, -0.25) is 0 Å². The molecule has 8 nitrogen and oxygen atoms in total. The second-order valence-electron chi connectivity index (χ2n) is 9.09. The second-order valence-corrected chi connectivity index (χ2v) is 9.09. The topological polar surface area (TPSA) is 89.5 Å². The summed E-state index contributed by atoms with van der Waals surface area (Å²) in [4.78, 5) is 25.7. The van der Waals surface area contributed by atoms with Crippen LogP contribution >= 0.6 is 0 Å². The lowest BCUT2D eigenvalue weighted by atomic mass is 9.97. The Hall–Kier alpha value is -3.94. The zero-order chi connectivity index (χ0) is 29.3. The smallest absolute Gasteiger partial charge is 0.338 e. The van der Waals surface area contributed by atoms with Crippen LogP contribution in [0.2, 0.25) is 0 Å². The van der Waals surface area contributed by atoms with Crippen molar-refractivity contribution >= 4 is 11.9 Å². The molecule has 218 valence electrons. The lowest BCUT2D eigenvalue weighted by Crippen LogP contribution is -2.09. The number of ether oxygens (including phenoxy) is 6. The van der Waals surface area contributed by atoms with E-state index in [1.165, 1.54) is 66.3 Å². The third kappa shape index (κ3) is 9.07. The van der Waals surface area contributed by atoms with Crippen molar-refractivity contribution in [2.45, 2.75) is 51.4 Å². The van der Waals surface area contributed by atoms with Gasteiger partial charge < -0.3 is 28.4 Å². The average molecular weight is 555 g/mol. The second kappa shape index (κ2) is 17.6. The molecule has 0 aliphatic rings. The summed E-state index contributed by atoms with van der Waals surface area (Å²) < 4.78 is 33.1. The van der Waals surface area contributed by atoms with Crippen LogP contribution in [0.5, 0.6) is 23.0 Å². The van der Waals surface area contributed by atoms with Crippen molar-refractivity contribution in [3.63, 3.8) is 0 Å². The number of carbonyl (C=O) groups is 2. The molecular weight excluding hydrogens is 512 g/mol. The summed E-state index contributed by atoms with van der Waals surface area (Å²) in [6.07, 6.45) is 12.2. The molecule has 0 saturated carbocycles. The van der Waals surface area contributed by atoms with Gasteiger partial charge in [0.15, 0.2) is 23.0 Å². The molecule has 0 heterocycles. The number of hydrogen-bond donors (Lipinski definition) is 0. The van der Waals surface area contributed by atoms with Crippen molar-refractivity contribution in [2.24, 2.45) is 0 Å². The van der Waals surface area contributed by atoms with Gasteiger partial charge in [0.1, 0.15) is 6.61 Å². The normalized spacial score (nSPS) is 10.4. The molecule has 8 heteroatoms. The maximum Gasteiger partial charge on any atom is 0.338 e. The van der Waals surface area contributed by atoms with E-state index in [2.05, 4.69) is 13.2 Å². The first kappa shape index (κ1) is 32.3. The summed E-state index contributed by atoms with van der Waals surface area (Å²) in [6, 6.07) is 6.32. The zero-order valence-corrected chi connectivity index (χ0v) is 24.2. The highest BCUT2D eigenvalue weighted by Gasteiger charge is 2.24. The molecule has 0 aliphatic heterocycles.